The molecule has 0 aliphatic carbocycles. The number of carbonyl (C=O) groups excluding carboxylic acids is 2. The maximum Gasteiger partial charge on any atom is 0.243 e. The van der Waals surface area contributed by atoms with Gasteiger partial charge in [0.2, 0.25) is 11.8 Å². The third-order valence-electron chi connectivity index (χ3n) is 5.31. The monoisotopic (exact) mass is 490 g/mol. The summed E-state index contributed by atoms with van der Waals surface area (Å²) in [6.45, 7) is 3.74. The Balaban J connectivity index is 1.42. The van der Waals surface area contributed by atoms with E-state index >= 15 is 0 Å². The molecule has 2 amide bonds. The van der Waals surface area contributed by atoms with Crippen LogP contribution in [0.25, 0.3) is 17.1 Å². The van der Waals surface area contributed by atoms with Crippen molar-refractivity contribution in [2.24, 2.45) is 0 Å². The van der Waals surface area contributed by atoms with Crippen LogP contribution in [0.5, 0.6) is 0 Å². The number of pyridine rings is 1. The predicted octanol–water partition coefficient (Wildman–Crippen LogP) is 3.93. The lowest BCUT2D eigenvalue weighted by molar-refractivity contribution is -0.122. The molecule has 0 unspecified atom stereocenters. The van der Waals surface area contributed by atoms with E-state index < -0.39 is 0 Å². The number of carbonyl (C=O) groups is 2. The highest BCUT2D eigenvalue weighted by Crippen LogP contribution is 2.27. The second kappa shape index (κ2) is 10.9. The molecule has 35 heavy (non-hydrogen) atoms. The molecule has 0 atom stereocenters. The summed E-state index contributed by atoms with van der Waals surface area (Å²) in [4.78, 5) is 28.7. The number of nitrogens with zero attached hydrogens (tertiary/aromatic N) is 4. The average Bonchev–Trinajstić information content (AvgIpc) is 3.29. The van der Waals surface area contributed by atoms with Gasteiger partial charge in [-0.1, -0.05) is 23.9 Å². The summed E-state index contributed by atoms with van der Waals surface area (Å²) in [6, 6.07) is 15.2. The van der Waals surface area contributed by atoms with Crippen molar-refractivity contribution in [1.82, 2.24) is 25.1 Å². The Hall–Kier alpha value is -4.05. The first-order valence-corrected chi connectivity index (χ1v) is 11.8. The highest BCUT2D eigenvalue weighted by molar-refractivity contribution is 7.99. The summed E-state index contributed by atoms with van der Waals surface area (Å²) in [5, 5.41) is 14.4. The Kier molecular flexibility index (Phi) is 7.51. The van der Waals surface area contributed by atoms with Gasteiger partial charge in [0.05, 0.1) is 12.3 Å². The number of halogens is 1. The zero-order chi connectivity index (χ0) is 24.8. The molecule has 0 spiro atoms. The van der Waals surface area contributed by atoms with E-state index in [0.29, 0.717) is 16.7 Å². The summed E-state index contributed by atoms with van der Waals surface area (Å²) in [5.74, 6) is -0.446. The molecule has 10 heteroatoms. The summed E-state index contributed by atoms with van der Waals surface area (Å²) in [7, 11) is 0. The first-order valence-electron chi connectivity index (χ1n) is 10.8. The SMILES string of the molecule is Cc1cccc(NC(=O)CNC(=O)CSc2nnc(-c3ccncc3)n2-c2ccc(F)cc2)c1C. The van der Waals surface area contributed by atoms with E-state index in [1.54, 1.807) is 41.2 Å². The molecule has 2 heterocycles. The van der Waals surface area contributed by atoms with Gasteiger partial charge in [0.25, 0.3) is 0 Å². The Morgan fingerprint density at radius 3 is 2.46 bits per heavy atom. The molecule has 0 aliphatic rings. The van der Waals surface area contributed by atoms with Crippen molar-refractivity contribution in [1.29, 1.82) is 0 Å². The van der Waals surface area contributed by atoms with Crippen molar-refractivity contribution >= 4 is 29.3 Å². The predicted molar refractivity (Wildman–Crippen MR) is 133 cm³/mol. The Morgan fingerprint density at radius 2 is 1.71 bits per heavy atom. The van der Waals surface area contributed by atoms with Gasteiger partial charge in [-0.25, -0.2) is 4.39 Å². The molecule has 8 nitrogen and oxygen atoms in total. The Morgan fingerprint density at radius 1 is 0.971 bits per heavy atom. The van der Waals surface area contributed by atoms with Gasteiger partial charge in [0, 0.05) is 29.3 Å². The number of hydrogen-bond acceptors (Lipinski definition) is 6. The minimum absolute atomic E-state index is 0.0203. The molecule has 2 aromatic heterocycles. The van der Waals surface area contributed by atoms with Crippen molar-refractivity contribution < 1.29 is 14.0 Å². The number of benzene rings is 2. The van der Waals surface area contributed by atoms with Crippen molar-refractivity contribution in [3.8, 4) is 17.1 Å². The van der Waals surface area contributed by atoms with E-state index in [1.807, 2.05) is 32.0 Å². The Bertz CT molecular complexity index is 1340. The molecule has 2 aromatic carbocycles. The minimum atomic E-state index is -0.361. The third kappa shape index (κ3) is 5.90. The molecule has 2 N–H and O–H groups in total. The number of anilines is 1. The van der Waals surface area contributed by atoms with E-state index in [4.69, 9.17) is 0 Å². The summed E-state index contributed by atoms with van der Waals surface area (Å²) in [5.41, 5.74) is 4.19. The lowest BCUT2D eigenvalue weighted by atomic mass is 10.1. The van der Waals surface area contributed by atoms with Crippen LogP contribution in [0.15, 0.2) is 72.1 Å². The molecular formula is C25H23FN6O2S. The van der Waals surface area contributed by atoms with Crippen LogP contribution in [0.1, 0.15) is 11.1 Å². The van der Waals surface area contributed by atoms with Crippen LogP contribution in [0.3, 0.4) is 0 Å². The van der Waals surface area contributed by atoms with Crippen molar-refractivity contribution in [2.45, 2.75) is 19.0 Å². The molecule has 0 bridgehead atoms. The van der Waals surface area contributed by atoms with E-state index in [0.717, 1.165) is 22.4 Å². The molecule has 4 aromatic rings. The maximum atomic E-state index is 13.5. The molecular weight excluding hydrogens is 467 g/mol. The molecule has 0 saturated heterocycles. The van der Waals surface area contributed by atoms with Crippen molar-refractivity contribution in [3.63, 3.8) is 0 Å². The quantitative estimate of drug-likeness (QED) is 0.363. The van der Waals surface area contributed by atoms with Crippen LogP contribution >= 0.6 is 11.8 Å². The number of thioether (sulfide) groups is 1. The van der Waals surface area contributed by atoms with Crippen LogP contribution in [0.4, 0.5) is 10.1 Å². The maximum absolute atomic E-state index is 13.5. The average molecular weight is 491 g/mol. The van der Waals surface area contributed by atoms with Crippen molar-refractivity contribution in [2.75, 3.05) is 17.6 Å². The van der Waals surface area contributed by atoms with Crippen LogP contribution in [0, 0.1) is 19.7 Å². The van der Waals surface area contributed by atoms with Crippen LogP contribution in [0.2, 0.25) is 0 Å². The van der Waals surface area contributed by atoms with Gasteiger partial charge in [-0.15, -0.1) is 10.2 Å². The fourth-order valence-electron chi connectivity index (χ4n) is 3.32. The molecule has 0 saturated carbocycles. The van der Waals surface area contributed by atoms with Gasteiger partial charge in [0.15, 0.2) is 11.0 Å². The number of amides is 2. The largest absolute Gasteiger partial charge is 0.346 e. The standard InChI is InChI=1S/C25H23FN6O2S/c1-16-4-3-5-21(17(16)2)29-22(33)14-28-23(34)15-35-25-31-30-24(18-10-12-27-13-11-18)32(25)20-8-6-19(26)7-9-20/h3-13H,14-15H2,1-2H3,(H,28,34)(H,29,33). The van der Waals surface area contributed by atoms with E-state index in [2.05, 4.69) is 25.8 Å². The van der Waals surface area contributed by atoms with Crippen LogP contribution in [-0.2, 0) is 9.59 Å². The Labute approximate surface area is 206 Å². The van der Waals surface area contributed by atoms with Gasteiger partial charge < -0.3 is 10.6 Å². The fourth-order valence-corrected chi connectivity index (χ4v) is 4.10. The highest BCUT2D eigenvalue weighted by Gasteiger charge is 2.18. The lowest BCUT2D eigenvalue weighted by Crippen LogP contribution is -2.34. The fraction of sp³-hybridized carbons (Fsp3) is 0.160. The number of nitrogens with one attached hydrogen (secondary N) is 2. The third-order valence-corrected chi connectivity index (χ3v) is 6.24. The first-order chi connectivity index (χ1) is 16.9. The number of hydrogen-bond donors (Lipinski definition) is 2. The first kappa shape index (κ1) is 24.1. The molecule has 4 rings (SSSR count). The van der Waals surface area contributed by atoms with Crippen molar-refractivity contribution in [3.05, 3.63) is 83.9 Å². The summed E-state index contributed by atoms with van der Waals surface area (Å²) in [6.07, 6.45) is 3.28. The van der Waals surface area contributed by atoms with E-state index in [1.165, 1.54) is 23.9 Å². The van der Waals surface area contributed by atoms with Crippen LogP contribution < -0.4 is 10.6 Å². The highest BCUT2D eigenvalue weighted by atomic mass is 32.2. The number of aryl methyl sites for hydroxylation is 1. The molecule has 0 aliphatic heterocycles. The van der Waals surface area contributed by atoms with Crippen LogP contribution in [-0.4, -0.2) is 43.9 Å². The zero-order valence-electron chi connectivity index (χ0n) is 19.2. The second-order valence-corrected chi connectivity index (χ2v) is 8.66. The normalized spacial score (nSPS) is 10.7. The molecule has 0 fully saturated rings. The summed E-state index contributed by atoms with van der Waals surface area (Å²) < 4.78 is 15.2. The van der Waals surface area contributed by atoms with Gasteiger partial charge in [-0.05, 0) is 67.4 Å². The molecule has 178 valence electrons. The number of aromatic nitrogens is 4. The second-order valence-electron chi connectivity index (χ2n) is 7.71. The van der Waals surface area contributed by atoms with Gasteiger partial charge >= 0.3 is 0 Å². The topological polar surface area (TPSA) is 102 Å². The van der Waals surface area contributed by atoms with Gasteiger partial charge in [-0.2, -0.15) is 0 Å². The van der Waals surface area contributed by atoms with E-state index in [9.17, 15) is 14.0 Å². The minimum Gasteiger partial charge on any atom is -0.346 e. The zero-order valence-corrected chi connectivity index (χ0v) is 20.0. The number of rotatable bonds is 8. The van der Waals surface area contributed by atoms with Gasteiger partial charge in [0.1, 0.15) is 5.82 Å². The van der Waals surface area contributed by atoms with Gasteiger partial charge in [-0.3, -0.25) is 19.1 Å². The molecule has 0 radical (unpaired) electrons. The lowest BCUT2D eigenvalue weighted by Gasteiger charge is -2.11. The summed E-state index contributed by atoms with van der Waals surface area (Å²) >= 11 is 1.17. The smallest absolute Gasteiger partial charge is 0.243 e. The van der Waals surface area contributed by atoms with E-state index in [-0.39, 0.29) is 29.9 Å².